The molecule has 3 aliphatic heterocycles. The van der Waals surface area contributed by atoms with E-state index in [-0.39, 0.29) is 44.8 Å². The van der Waals surface area contributed by atoms with Crippen LogP contribution in [0.15, 0.2) is 121 Å². The van der Waals surface area contributed by atoms with Crippen molar-refractivity contribution in [3.63, 3.8) is 0 Å². The molecule has 61 heavy (non-hydrogen) atoms. The highest BCUT2D eigenvalue weighted by Crippen LogP contribution is 2.38. The number of hydrogen-bond donors (Lipinski definition) is 3. The van der Waals surface area contributed by atoms with Gasteiger partial charge in [-0.05, 0) is 16.7 Å². The van der Waals surface area contributed by atoms with Crippen LogP contribution >= 0.6 is 11.6 Å². The van der Waals surface area contributed by atoms with E-state index in [4.69, 9.17) is 49.5 Å². The Morgan fingerprint density at radius 1 is 0.639 bits per heavy atom. The van der Waals surface area contributed by atoms with Crippen LogP contribution in [0.5, 0.6) is 0 Å². The summed E-state index contributed by atoms with van der Waals surface area (Å²) in [5, 5.41) is 8.78. The first kappa shape index (κ1) is 44.3. The Balaban J connectivity index is 1.25. The second-order valence-corrected chi connectivity index (χ2v) is 15.4. The van der Waals surface area contributed by atoms with Gasteiger partial charge in [-0.1, -0.05) is 121 Å². The Kier molecular flexibility index (Phi) is 15.9. The van der Waals surface area contributed by atoms with Crippen LogP contribution in [0, 0.1) is 0 Å². The van der Waals surface area contributed by atoms with Gasteiger partial charge in [0.1, 0.15) is 54.6 Å². The molecule has 3 amide bonds. The lowest BCUT2D eigenvalue weighted by Gasteiger charge is -2.52. The second kappa shape index (κ2) is 21.9. The Hall–Kier alpha value is -4.74. The highest BCUT2D eigenvalue weighted by atomic mass is 35.5. The van der Waals surface area contributed by atoms with Gasteiger partial charge in [0.25, 0.3) is 0 Å². The zero-order valence-corrected chi connectivity index (χ0v) is 34.8. The molecule has 4 aromatic rings. The van der Waals surface area contributed by atoms with Crippen LogP contribution < -0.4 is 16.0 Å². The average Bonchev–Trinajstić information content (AvgIpc) is 3.28. The van der Waals surface area contributed by atoms with Crippen molar-refractivity contribution in [1.82, 2.24) is 16.0 Å². The van der Waals surface area contributed by atoms with Crippen LogP contribution in [-0.2, 0) is 72.1 Å². The van der Waals surface area contributed by atoms with Gasteiger partial charge in [0, 0.05) is 19.4 Å². The minimum Gasteiger partial charge on any atom is -0.374 e. The molecule has 0 saturated carbocycles. The summed E-state index contributed by atoms with van der Waals surface area (Å²) in [5.74, 6) is -1.64. The number of carbonyl (C=O) groups excluding carboxylic acids is 3. The summed E-state index contributed by atoms with van der Waals surface area (Å²) in [7, 11) is 0. The standard InChI is InChI=1S/C46H52ClN3O11/c1-29(51)48-38-42(55-25-32-17-9-4-10-18-32)40(35(58-44(38)50-37(53)23-47)27-54-24-31-15-7-3-8-16-31)61-46-39(49-30(2)52)43(56-26-33-19-11-5-12-20-33)41-36(59-46)28-57-45(60-41)34-21-13-6-14-22-34/h3-22,35-36,38-46H,23-28H2,1-2H3,(H,48,51)(H,49,52)(H,50,53)/t35-,36-,38-,39-,40-,41-,42-,43-,44-,45-,46+/m1/s1. The lowest BCUT2D eigenvalue weighted by molar-refractivity contribution is -0.366. The van der Waals surface area contributed by atoms with Gasteiger partial charge in [-0.25, -0.2) is 0 Å². The number of ether oxygens (including phenoxy) is 8. The van der Waals surface area contributed by atoms with E-state index in [0.29, 0.717) is 0 Å². The van der Waals surface area contributed by atoms with Crippen molar-refractivity contribution in [3.05, 3.63) is 144 Å². The molecule has 15 heteroatoms. The maximum absolute atomic E-state index is 13.1. The van der Waals surface area contributed by atoms with Gasteiger partial charge < -0.3 is 53.8 Å². The Bertz CT molecular complexity index is 1990. The van der Waals surface area contributed by atoms with Gasteiger partial charge in [0.2, 0.25) is 17.7 Å². The molecule has 11 atom stereocenters. The van der Waals surface area contributed by atoms with E-state index >= 15 is 0 Å². The molecule has 0 unspecified atom stereocenters. The van der Waals surface area contributed by atoms with E-state index in [1.54, 1.807) is 0 Å². The van der Waals surface area contributed by atoms with Crippen molar-refractivity contribution in [1.29, 1.82) is 0 Å². The summed E-state index contributed by atoms with van der Waals surface area (Å²) in [6.07, 6.45) is -8.24. The first-order chi connectivity index (χ1) is 29.7. The highest BCUT2D eigenvalue weighted by Gasteiger charge is 2.55. The molecule has 3 saturated heterocycles. The Labute approximate surface area is 360 Å². The summed E-state index contributed by atoms with van der Waals surface area (Å²) >= 11 is 5.96. The molecule has 3 fully saturated rings. The number of carbonyl (C=O) groups is 3. The lowest BCUT2D eigenvalue weighted by atomic mass is 9.93. The van der Waals surface area contributed by atoms with Crippen LogP contribution in [0.1, 0.15) is 42.4 Å². The third kappa shape index (κ3) is 12.0. The number of rotatable bonds is 17. The number of alkyl halides is 1. The van der Waals surface area contributed by atoms with Gasteiger partial charge in [0.05, 0.1) is 33.0 Å². The summed E-state index contributed by atoms with van der Waals surface area (Å²) in [6, 6.07) is 36.4. The average molecular weight is 858 g/mol. The van der Waals surface area contributed by atoms with Gasteiger partial charge in [-0.2, -0.15) is 0 Å². The van der Waals surface area contributed by atoms with E-state index in [9.17, 15) is 14.4 Å². The molecule has 3 aliphatic rings. The fourth-order valence-corrected chi connectivity index (χ4v) is 7.84. The zero-order valence-electron chi connectivity index (χ0n) is 34.0. The van der Waals surface area contributed by atoms with Crippen molar-refractivity contribution in [3.8, 4) is 0 Å². The van der Waals surface area contributed by atoms with Crippen molar-refractivity contribution in [2.24, 2.45) is 0 Å². The van der Waals surface area contributed by atoms with Crippen LogP contribution in [0.25, 0.3) is 0 Å². The second-order valence-electron chi connectivity index (χ2n) is 15.1. The number of halogens is 1. The fraction of sp³-hybridized carbons (Fsp3) is 0.413. The summed E-state index contributed by atoms with van der Waals surface area (Å²) in [5.41, 5.74) is 3.49. The Morgan fingerprint density at radius 3 is 1.75 bits per heavy atom. The SMILES string of the molecule is CC(=O)N[C@@H]1[C@@H](OCc2ccccc2)[C@H](O[C@@H]2O[C@@H]3CO[C@@H](c4ccccc4)O[C@H]3[C@H](OCc3ccccc3)[C@H]2NC(C)=O)[C@@H](COCc2ccccc2)O[C@H]1NC(=O)CCl. The van der Waals surface area contributed by atoms with Gasteiger partial charge in [-0.15, -0.1) is 11.6 Å². The molecule has 0 radical (unpaired) electrons. The minimum absolute atomic E-state index is 0.0344. The van der Waals surface area contributed by atoms with Crippen molar-refractivity contribution in [2.45, 2.75) is 101 Å². The van der Waals surface area contributed by atoms with Crippen molar-refractivity contribution >= 4 is 29.3 Å². The molecule has 4 aromatic carbocycles. The normalized spacial score (nSPS) is 28.5. The topological polar surface area (TPSA) is 161 Å². The van der Waals surface area contributed by atoms with Crippen molar-refractivity contribution in [2.75, 3.05) is 19.1 Å². The molecular formula is C46H52ClN3O11. The molecule has 0 spiro atoms. The molecule has 3 heterocycles. The number of benzene rings is 4. The van der Waals surface area contributed by atoms with E-state index in [1.807, 2.05) is 121 Å². The quantitative estimate of drug-likeness (QED) is 0.127. The molecule has 0 aromatic heterocycles. The van der Waals surface area contributed by atoms with Gasteiger partial charge >= 0.3 is 0 Å². The number of fused-ring (bicyclic) bond motifs is 1. The largest absolute Gasteiger partial charge is 0.374 e. The smallest absolute Gasteiger partial charge is 0.236 e. The van der Waals surface area contributed by atoms with E-state index < -0.39 is 79.3 Å². The van der Waals surface area contributed by atoms with Crippen LogP contribution in [0.2, 0.25) is 0 Å². The summed E-state index contributed by atoms with van der Waals surface area (Å²) in [6.45, 7) is 3.37. The third-order valence-electron chi connectivity index (χ3n) is 10.5. The fourth-order valence-electron chi connectivity index (χ4n) is 7.76. The molecular weight excluding hydrogens is 806 g/mol. The third-order valence-corrected chi connectivity index (χ3v) is 10.8. The van der Waals surface area contributed by atoms with Crippen LogP contribution in [0.3, 0.4) is 0 Å². The monoisotopic (exact) mass is 857 g/mol. The first-order valence-corrected chi connectivity index (χ1v) is 20.9. The predicted octanol–water partition coefficient (Wildman–Crippen LogP) is 4.69. The molecule has 324 valence electrons. The molecule has 7 rings (SSSR count). The number of nitrogens with one attached hydrogen (secondary N) is 3. The van der Waals surface area contributed by atoms with E-state index in [2.05, 4.69) is 16.0 Å². The first-order valence-electron chi connectivity index (χ1n) is 20.4. The molecule has 14 nitrogen and oxygen atoms in total. The summed E-state index contributed by atoms with van der Waals surface area (Å²) < 4.78 is 52.9. The Morgan fingerprint density at radius 2 is 1.18 bits per heavy atom. The minimum atomic E-state index is -1.20. The zero-order chi connectivity index (χ0) is 42.6. The maximum atomic E-state index is 13.1. The van der Waals surface area contributed by atoms with Crippen LogP contribution in [-0.4, -0.2) is 98.0 Å². The molecule has 0 bridgehead atoms. The number of amides is 3. The highest BCUT2D eigenvalue weighted by molar-refractivity contribution is 6.27. The molecule has 0 aliphatic carbocycles. The van der Waals surface area contributed by atoms with E-state index in [0.717, 1.165) is 22.3 Å². The summed E-state index contributed by atoms with van der Waals surface area (Å²) in [4.78, 5) is 38.9. The lowest BCUT2D eigenvalue weighted by Crippen LogP contribution is -2.72. The van der Waals surface area contributed by atoms with Gasteiger partial charge in [-0.3, -0.25) is 14.4 Å². The van der Waals surface area contributed by atoms with Gasteiger partial charge in [0.15, 0.2) is 18.8 Å². The predicted molar refractivity (Wildman–Crippen MR) is 222 cm³/mol. The van der Waals surface area contributed by atoms with E-state index in [1.165, 1.54) is 13.8 Å². The van der Waals surface area contributed by atoms with Crippen molar-refractivity contribution < 1.29 is 52.3 Å². The maximum Gasteiger partial charge on any atom is 0.236 e. The number of hydrogen-bond acceptors (Lipinski definition) is 11. The molecule has 3 N–H and O–H groups in total. The van der Waals surface area contributed by atoms with Crippen LogP contribution in [0.4, 0.5) is 0 Å².